The molecule has 0 spiro atoms. The van der Waals surface area contributed by atoms with Gasteiger partial charge in [0.25, 0.3) is 0 Å². The van der Waals surface area contributed by atoms with Gasteiger partial charge in [0.15, 0.2) is 5.78 Å². The van der Waals surface area contributed by atoms with E-state index in [-0.39, 0.29) is 35.2 Å². The highest BCUT2D eigenvalue weighted by Crippen LogP contribution is 2.37. The van der Waals surface area contributed by atoms with Crippen LogP contribution in [-0.4, -0.2) is 43.1 Å². The maximum absolute atomic E-state index is 13.4. The summed E-state index contributed by atoms with van der Waals surface area (Å²) in [6.07, 6.45) is 19.7. The van der Waals surface area contributed by atoms with Crippen molar-refractivity contribution in [1.82, 2.24) is 20.2 Å². The van der Waals surface area contributed by atoms with Crippen LogP contribution in [0.2, 0.25) is 0 Å². The summed E-state index contributed by atoms with van der Waals surface area (Å²) in [6, 6.07) is 15.0. The number of ketones is 1. The number of unbranched alkanes of at least 4 members (excludes halogenated alkanes) is 13. The minimum absolute atomic E-state index is 0.0301. The lowest BCUT2D eigenvalue weighted by Gasteiger charge is -2.16. The highest BCUT2D eigenvalue weighted by atomic mass is 32.2. The minimum atomic E-state index is -0.373. The molecule has 2 atom stereocenters. The second-order valence-corrected chi connectivity index (χ2v) is 13.7. The number of rotatable bonds is 19. The summed E-state index contributed by atoms with van der Waals surface area (Å²) >= 11 is 1.34. The van der Waals surface area contributed by atoms with E-state index in [4.69, 9.17) is 0 Å². The smallest absolute Gasteiger partial charge is 0.237 e. The van der Waals surface area contributed by atoms with Crippen molar-refractivity contribution in [3.05, 3.63) is 59.7 Å². The van der Waals surface area contributed by atoms with Crippen LogP contribution in [0.5, 0.6) is 0 Å². The molecular formula is C36H47N5O3S. The summed E-state index contributed by atoms with van der Waals surface area (Å²) in [4.78, 5) is 41.0. The number of benzene rings is 2. The highest BCUT2D eigenvalue weighted by Gasteiger charge is 2.40. The van der Waals surface area contributed by atoms with Crippen molar-refractivity contribution >= 4 is 35.0 Å². The molecule has 1 saturated heterocycles. The van der Waals surface area contributed by atoms with Crippen LogP contribution < -0.4 is 4.90 Å². The van der Waals surface area contributed by atoms with Gasteiger partial charge in [-0.3, -0.25) is 19.3 Å². The average molecular weight is 630 g/mol. The molecule has 0 unspecified atom stereocenters. The van der Waals surface area contributed by atoms with Gasteiger partial charge in [-0.25, -0.2) is 0 Å². The highest BCUT2D eigenvalue weighted by molar-refractivity contribution is 8.00. The van der Waals surface area contributed by atoms with Crippen molar-refractivity contribution < 1.29 is 14.4 Å². The van der Waals surface area contributed by atoms with E-state index in [1.54, 1.807) is 16.8 Å². The average Bonchev–Trinajstić information content (AvgIpc) is 3.73. The molecule has 2 aromatic carbocycles. The molecule has 8 nitrogen and oxygen atoms in total. The quantitative estimate of drug-likeness (QED) is 0.0971. The predicted molar refractivity (Wildman–Crippen MR) is 179 cm³/mol. The molecule has 1 aliphatic heterocycles. The Morgan fingerprint density at radius 2 is 1.40 bits per heavy atom. The molecule has 1 aromatic heterocycles. The van der Waals surface area contributed by atoms with Gasteiger partial charge in [-0.05, 0) is 53.1 Å². The van der Waals surface area contributed by atoms with Gasteiger partial charge in [-0.15, -0.1) is 5.10 Å². The van der Waals surface area contributed by atoms with Crippen LogP contribution >= 0.6 is 11.8 Å². The SMILES string of the molecule is CCCCCCCCCCCCCCCC[C@@H]1CC(=O)N(c2ccc3c(c2)C(=O)[C@H](Sc2nnnn2-c2ccccc2)C3)C1=O. The molecule has 2 heterocycles. The predicted octanol–water partition coefficient (Wildman–Crippen LogP) is 8.31. The third-order valence-electron chi connectivity index (χ3n) is 9.15. The van der Waals surface area contributed by atoms with Gasteiger partial charge < -0.3 is 0 Å². The number of carbonyl (C=O) groups excluding carboxylic acids is 3. The van der Waals surface area contributed by atoms with E-state index in [9.17, 15) is 14.4 Å². The fraction of sp³-hybridized carbons (Fsp3) is 0.556. The summed E-state index contributed by atoms with van der Waals surface area (Å²) in [5.74, 6) is -0.599. The summed E-state index contributed by atoms with van der Waals surface area (Å²) in [5, 5.41) is 12.2. The van der Waals surface area contributed by atoms with Crippen LogP contribution in [0.25, 0.3) is 5.69 Å². The standard InChI is InChI=1S/C36H47N5O3S/c1-2-3-4-5-6-7-8-9-10-11-12-13-14-16-19-28-25-33(42)40(35(28)44)30-23-22-27-24-32(34(43)31(27)26-30)45-36-37-38-39-41(36)29-20-17-15-18-21-29/h15,17-18,20-23,26,28,32H,2-14,16,19,24-25H2,1H3/t28-,32-/m1/s1. The van der Waals surface area contributed by atoms with E-state index in [1.165, 1.54) is 93.7 Å². The van der Waals surface area contributed by atoms with Crippen LogP contribution in [0.4, 0.5) is 5.69 Å². The van der Waals surface area contributed by atoms with Crippen LogP contribution in [0, 0.1) is 5.92 Å². The molecule has 2 aliphatic rings. The Morgan fingerprint density at radius 1 is 0.756 bits per heavy atom. The van der Waals surface area contributed by atoms with E-state index in [2.05, 4.69) is 22.4 Å². The first-order chi connectivity index (χ1) is 22.1. The lowest BCUT2D eigenvalue weighted by molar-refractivity contribution is -0.122. The monoisotopic (exact) mass is 629 g/mol. The van der Waals surface area contributed by atoms with E-state index >= 15 is 0 Å². The molecular weight excluding hydrogens is 582 g/mol. The van der Waals surface area contributed by atoms with Crippen molar-refractivity contribution in [2.24, 2.45) is 5.92 Å². The molecule has 0 N–H and O–H groups in total. The first kappa shape index (κ1) is 33.0. The number of hydrogen-bond acceptors (Lipinski definition) is 7. The van der Waals surface area contributed by atoms with Gasteiger partial charge in [-0.1, -0.05) is 133 Å². The third-order valence-corrected chi connectivity index (χ3v) is 10.3. The molecule has 0 radical (unpaired) electrons. The van der Waals surface area contributed by atoms with Crippen LogP contribution in [0.15, 0.2) is 53.7 Å². The number of hydrogen-bond donors (Lipinski definition) is 0. The second-order valence-electron chi connectivity index (χ2n) is 12.6. The largest absolute Gasteiger partial charge is 0.293 e. The Hall–Kier alpha value is -3.33. The lowest BCUT2D eigenvalue weighted by Crippen LogP contribution is -2.30. The lowest BCUT2D eigenvalue weighted by atomic mass is 9.98. The fourth-order valence-electron chi connectivity index (χ4n) is 6.56. The molecule has 240 valence electrons. The van der Waals surface area contributed by atoms with Gasteiger partial charge in [-0.2, -0.15) is 4.68 Å². The van der Waals surface area contributed by atoms with E-state index in [0.29, 0.717) is 22.8 Å². The number of anilines is 1. The molecule has 2 amide bonds. The number of carbonyl (C=O) groups is 3. The second kappa shape index (κ2) is 16.8. The van der Waals surface area contributed by atoms with Crippen LogP contribution in [0.1, 0.15) is 126 Å². The molecule has 0 bridgehead atoms. The van der Waals surface area contributed by atoms with Crippen molar-refractivity contribution in [3.8, 4) is 5.69 Å². The van der Waals surface area contributed by atoms with Crippen molar-refractivity contribution in [2.75, 3.05) is 4.90 Å². The molecule has 45 heavy (non-hydrogen) atoms. The Bertz CT molecular complexity index is 1430. The minimum Gasteiger partial charge on any atom is -0.293 e. The number of thioether (sulfide) groups is 1. The third kappa shape index (κ3) is 8.69. The van der Waals surface area contributed by atoms with Crippen molar-refractivity contribution in [3.63, 3.8) is 0 Å². The maximum Gasteiger partial charge on any atom is 0.237 e. The van der Waals surface area contributed by atoms with Crippen molar-refractivity contribution in [1.29, 1.82) is 0 Å². The van der Waals surface area contributed by atoms with Gasteiger partial charge in [0.1, 0.15) is 0 Å². The molecule has 1 aliphatic carbocycles. The first-order valence-corrected chi connectivity index (χ1v) is 18.0. The summed E-state index contributed by atoms with van der Waals surface area (Å²) in [7, 11) is 0. The van der Waals surface area contributed by atoms with Gasteiger partial charge in [0, 0.05) is 17.9 Å². The van der Waals surface area contributed by atoms with Gasteiger partial charge >= 0.3 is 0 Å². The zero-order chi connectivity index (χ0) is 31.4. The van der Waals surface area contributed by atoms with E-state index in [1.807, 2.05) is 36.4 Å². The molecule has 0 saturated carbocycles. The zero-order valence-electron chi connectivity index (χ0n) is 26.7. The van der Waals surface area contributed by atoms with Crippen LogP contribution in [-0.2, 0) is 16.0 Å². The number of amides is 2. The molecule has 9 heteroatoms. The fourth-order valence-corrected chi connectivity index (χ4v) is 7.64. The number of aromatic nitrogens is 4. The Labute approximate surface area is 271 Å². The topological polar surface area (TPSA) is 98.1 Å². The van der Waals surface area contributed by atoms with Gasteiger partial charge in [0.2, 0.25) is 17.0 Å². The molecule has 1 fully saturated rings. The first-order valence-electron chi connectivity index (χ1n) is 17.1. The normalized spacial score (nSPS) is 17.9. The summed E-state index contributed by atoms with van der Waals surface area (Å²) in [5.41, 5.74) is 2.81. The van der Waals surface area contributed by atoms with Crippen LogP contribution in [0.3, 0.4) is 0 Å². The Balaban J connectivity index is 1.04. The number of imide groups is 1. The Kier molecular flexibility index (Phi) is 12.4. The van der Waals surface area contributed by atoms with Gasteiger partial charge in [0.05, 0.1) is 16.6 Å². The maximum atomic E-state index is 13.4. The number of fused-ring (bicyclic) bond motifs is 1. The number of Topliss-reactive ketones (excluding diaryl/α,β-unsaturated/α-hetero) is 1. The van der Waals surface area contributed by atoms with Crippen molar-refractivity contribution in [2.45, 2.75) is 126 Å². The zero-order valence-corrected chi connectivity index (χ0v) is 27.5. The molecule has 5 rings (SSSR count). The van der Waals surface area contributed by atoms with E-state index in [0.717, 1.165) is 30.5 Å². The Morgan fingerprint density at radius 3 is 2.07 bits per heavy atom. The number of nitrogens with zero attached hydrogens (tertiary/aromatic N) is 5. The summed E-state index contributed by atoms with van der Waals surface area (Å²) < 4.78 is 1.63. The van der Waals surface area contributed by atoms with E-state index < -0.39 is 0 Å². The number of tetrazole rings is 1. The number of para-hydroxylation sites is 1. The molecule has 3 aromatic rings. The summed E-state index contributed by atoms with van der Waals surface area (Å²) in [6.45, 7) is 2.27.